The highest BCUT2D eigenvalue weighted by Gasteiger charge is 2.09. The number of rotatable bonds is 10. The van der Waals surface area contributed by atoms with E-state index in [0.29, 0.717) is 12.0 Å². The van der Waals surface area contributed by atoms with Gasteiger partial charge in [0, 0.05) is 5.56 Å². The van der Waals surface area contributed by atoms with Gasteiger partial charge in [-0.3, -0.25) is 0 Å². The fourth-order valence-corrected chi connectivity index (χ4v) is 3.32. The van der Waals surface area contributed by atoms with E-state index in [2.05, 4.69) is 57.2 Å². The van der Waals surface area contributed by atoms with E-state index in [0.717, 1.165) is 44.1 Å². The first-order chi connectivity index (χ1) is 13.5. The lowest BCUT2D eigenvalue weighted by atomic mass is 9.99. The molecule has 0 amide bonds. The van der Waals surface area contributed by atoms with Crippen LogP contribution in [0.2, 0.25) is 0 Å². The van der Waals surface area contributed by atoms with Crippen molar-refractivity contribution in [2.75, 3.05) is 0 Å². The van der Waals surface area contributed by atoms with E-state index in [9.17, 15) is 10.2 Å². The normalized spacial score (nSPS) is 11.5. The Labute approximate surface area is 170 Å². The summed E-state index contributed by atoms with van der Waals surface area (Å²) >= 11 is 0. The van der Waals surface area contributed by atoms with E-state index in [4.69, 9.17) is 0 Å². The SMILES string of the molecule is CC(C)=CCC/C(C)=C/Cc1c(O)cc(CCCCc2ccccc2)cc1O. The molecule has 0 aliphatic rings. The first-order valence-corrected chi connectivity index (χ1v) is 10.3. The minimum atomic E-state index is 0.200. The van der Waals surface area contributed by atoms with Crippen molar-refractivity contribution in [3.8, 4) is 11.5 Å². The van der Waals surface area contributed by atoms with Gasteiger partial charge >= 0.3 is 0 Å². The summed E-state index contributed by atoms with van der Waals surface area (Å²) in [5.74, 6) is 0.401. The van der Waals surface area contributed by atoms with Crippen LogP contribution in [0.25, 0.3) is 0 Å². The maximum absolute atomic E-state index is 10.4. The first kappa shape index (κ1) is 21.8. The highest BCUT2D eigenvalue weighted by atomic mass is 16.3. The predicted molar refractivity (Wildman–Crippen MR) is 119 cm³/mol. The molecule has 0 radical (unpaired) electrons. The maximum atomic E-state index is 10.4. The molecule has 2 aromatic carbocycles. The summed E-state index contributed by atoms with van der Waals surface area (Å²) in [5.41, 5.74) is 5.59. The van der Waals surface area contributed by atoms with Crippen molar-refractivity contribution < 1.29 is 10.2 Å². The van der Waals surface area contributed by atoms with Crippen molar-refractivity contribution in [3.63, 3.8) is 0 Å². The maximum Gasteiger partial charge on any atom is 0.123 e. The molecule has 2 N–H and O–H groups in total. The molecule has 0 aliphatic heterocycles. The van der Waals surface area contributed by atoms with Gasteiger partial charge in [-0.05, 0) is 89.0 Å². The zero-order valence-corrected chi connectivity index (χ0v) is 17.5. The second-order valence-electron chi connectivity index (χ2n) is 7.88. The van der Waals surface area contributed by atoms with E-state index in [1.165, 1.54) is 16.7 Å². The van der Waals surface area contributed by atoms with Gasteiger partial charge in [-0.25, -0.2) is 0 Å². The van der Waals surface area contributed by atoms with Crippen LogP contribution in [0.1, 0.15) is 63.1 Å². The third-order valence-electron chi connectivity index (χ3n) is 5.03. The van der Waals surface area contributed by atoms with Crippen LogP contribution in [0, 0.1) is 0 Å². The van der Waals surface area contributed by atoms with Gasteiger partial charge in [0.1, 0.15) is 11.5 Å². The first-order valence-electron chi connectivity index (χ1n) is 10.3. The minimum absolute atomic E-state index is 0.200. The van der Waals surface area contributed by atoms with Crippen molar-refractivity contribution in [3.05, 3.63) is 82.5 Å². The Bertz CT molecular complexity index is 773. The number of allylic oxidation sites excluding steroid dienone is 4. The summed E-state index contributed by atoms with van der Waals surface area (Å²) in [4.78, 5) is 0. The van der Waals surface area contributed by atoms with Gasteiger partial charge in [0.05, 0.1) is 0 Å². The van der Waals surface area contributed by atoms with Gasteiger partial charge in [0.15, 0.2) is 0 Å². The smallest absolute Gasteiger partial charge is 0.123 e. The molecule has 2 heteroatoms. The molecule has 28 heavy (non-hydrogen) atoms. The Balaban J connectivity index is 1.86. The van der Waals surface area contributed by atoms with Crippen LogP contribution in [0.5, 0.6) is 11.5 Å². The topological polar surface area (TPSA) is 40.5 Å². The number of aryl methyl sites for hydroxylation is 2. The number of hydrogen-bond donors (Lipinski definition) is 2. The highest BCUT2D eigenvalue weighted by Crippen LogP contribution is 2.30. The molecule has 0 bridgehead atoms. The summed E-state index contributed by atoms with van der Waals surface area (Å²) in [7, 11) is 0. The molecular weight excluding hydrogens is 344 g/mol. The molecule has 0 saturated heterocycles. The number of aromatic hydroxyl groups is 2. The minimum Gasteiger partial charge on any atom is -0.508 e. The van der Waals surface area contributed by atoms with Gasteiger partial charge < -0.3 is 10.2 Å². The predicted octanol–water partition coefficient (Wildman–Crippen LogP) is 6.90. The number of phenolic OH excluding ortho intramolecular Hbond substituents is 2. The Kier molecular flexibility index (Phi) is 8.87. The second kappa shape index (κ2) is 11.4. The molecule has 150 valence electrons. The Hall–Kier alpha value is -2.48. The zero-order chi connectivity index (χ0) is 20.4. The van der Waals surface area contributed by atoms with Crippen molar-refractivity contribution in [2.24, 2.45) is 0 Å². The van der Waals surface area contributed by atoms with Crippen LogP contribution in [0.15, 0.2) is 65.8 Å². The third-order valence-corrected chi connectivity index (χ3v) is 5.03. The van der Waals surface area contributed by atoms with Crippen molar-refractivity contribution >= 4 is 0 Å². The number of benzene rings is 2. The van der Waals surface area contributed by atoms with Crippen LogP contribution in [0.3, 0.4) is 0 Å². The quantitative estimate of drug-likeness (QED) is 0.349. The molecule has 2 aromatic rings. The summed E-state index contributed by atoms with van der Waals surface area (Å²) in [6.45, 7) is 6.32. The Morgan fingerprint density at radius 2 is 1.43 bits per heavy atom. The van der Waals surface area contributed by atoms with E-state index in [1.54, 1.807) is 0 Å². The van der Waals surface area contributed by atoms with Crippen molar-refractivity contribution in [2.45, 2.75) is 65.7 Å². The summed E-state index contributed by atoms with van der Waals surface area (Å²) in [5, 5.41) is 20.7. The Morgan fingerprint density at radius 3 is 2.04 bits per heavy atom. The molecular formula is C26H34O2. The number of unbranched alkanes of at least 4 members (excludes halogenated alkanes) is 1. The molecule has 0 unspecified atom stereocenters. The summed E-state index contributed by atoms with van der Waals surface area (Å²) in [6, 6.07) is 14.1. The summed E-state index contributed by atoms with van der Waals surface area (Å²) < 4.78 is 0. The summed E-state index contributed by atoms with van der Waals surface area (Å²) in [6.07, 6.45) is 11.0. The van der Waals surface area contributed by atoms with Crippen LogP contribution in [-0.2, 0) is 19.3 Å². The molecule has 2 nitrogen and oxygen atoms in total. The van der Waals surface area contributed by atoms with Crippen molar-refractivity contribution in [1.82, 2.24) is 0 Å². The van der Waals surface area contributed by atoms with E-state index < -0.39 is 0 Å². The molecule has 0 heterocycles. The standard InChI is InChI=1S/C26H34O2/c1-20(2)10-9-11-21(3)16-17-24-25(27)18-23(19-26(24)28)15-8-7-14-22-12-5-4-6-13-22/h4-6,10,12-13,16,18-19,27-28H,7-9,11,14-15,17H2,1-3H3/b21-16+. The zero-order valence-electron chi connectivity index (χ0n) is 17.5. The lowest BCUT2D eigenvalue weighted by Crippen LogP contribution is -1.92. The van der Waals surface area contributed by atoms with Crippen LogP contribution >= 0.6 is 0 Å². The molecule has 0 aliphatic carbocycles. The average Bonchev–Trinajstić information content (AvgIpc) is 2.65. The van der Waals surface area contributed by atoms with E-state index in [-0.39, 0.29) is 11.5 Å². The highest BCUT2D eigenvalue weighted by molar-refractivity contribution is 5.47. The van der Waals surface area contributed by atoms with Crippen LogP contribution in [-0.4, -0.2) is 10.2 Å². The van der Waals surface area contributed by atoms with Crippen LogP contribution in [0.4, 0.5) is 0 Å². The van der Waals surface area contributed by atoms with Gasteiger partial charge in [-0.15, -0.1) is 0 Å². The molecule has 0 aromatic heterocycles. The largest absolute Gasteiger partial charge is 0.508 e. The lowest BCUT2D eigenvalue weighted by molar-refractivity contribution is 0.439. The second-order valence-corrected chi connectivity index (χ2v) is 7.88. The van der Waals surface area contributed by atoms with Crippen LogP contribution < -0.4 is 0 Å². The average molecular weight is 379 g/mol. The molecule has 0 fully saturated rings. The van der Waals surface area contributed by atoms with E-state index in [1.807, 2.05) is 18.2 Å². The fourth-order valence-electron chi connectivity index (χ4n) is 3.32. The monoisotopic (exact) mass is 378 g/mol. The molecule has 0 spiro atoms. The van der Waals surface area contributed by atoms with Gasteiger partial charge in [0.2, 0.25) is 0 Å². The molecule has 0 atom stereocenters. The van der Waals surface area contributed by atoms with Gasteiger partial charge in [0.25, 0.3) is 0 Å². The van der Waals surface area contributed by atoms with Gasteiger partial charge in [-0.2, -0.15) is 0 Å². The van der Waals surface area contributed by atoms with Gasteiger partial charge in [-0.1, -0.05) is 53.6 Å². The van der Waals surface area contributed by atoms with Crippen molar-refractivity contribution in [1.29, 1.82) is 0 Å². The molecule has 0 saturated carbocycles. The molecule has 2 rings (SSSR count). The fraction of sp³-hybridized carbons (Fsp3) is 0.385. The Morgan fingerprint density at radius 1 is 0.821 bits per heavy atom. The lowest BCUT2D eigenvalue weighted by Gasteiger charge is -2.10. The third kappa shape index (κ3) is 7.64. The number of phenols is 2. The number of hydrogen-bond acceptors (Lipinski definition) is 2. The van der Waals surface area contributed by atoms with E-state index >= 15 is 0 Å².